The summed E-state index contributed by atoms with van der Waals surface area (Å²) in [7, 11) is 3.61. The van der Waals surface area contributed by atoms with Gasteiger partial charge >= 0.3 is 6.18 Å². The lowest BCUT2D eigenvalue weighted by Crippen LogP contribution is -2.31. The maximum Gasteiger partial charge on any atom is 0.434 e. The smallest absolute Gasteiger partial charge is 0.434 e. The first-order chi connectivity index (χ1) is 11.8. The van der Waals surface area contributed by atoms with Crippen LogP contribution in [-0.4, -0.2) is 40.1 Å². The highest BCUT2D eigenvalue weighted by molar-refractivity contribution is 5.22. The molecule has 0 amide bonds. The Kier molecular flexibility index (Phi) is 4.99. The van der Waals surface area contributed by atoms with Crippen molar-refractivity contribution in [2.45, 2.75) is 32.1 Å². The third-order valence-electron chi connectivity index (χ3n) is 4.41. The fourth-order valence-corrected chi connectivity index (χ4v) is 3.25. The number of pyridine rings is 1. The summed E-state index contributed by atoms with van der Waals surface area (Å²) in [5.74, 6) is 1.58. The van der Waals surface area contributed by atoms with E-state index < -0.39 is 11.9 Å². The van der Waals surface area contributed by atoms with Gasteiger partial charge in [-0.05, 0) is 25.5 Å². The van der Waals surface area contributed by atoms with Crippen molar-refractivity contribution >= 4 is 0 Å². The number of imidazole rings is 1. The fourth-order valence-electron chi connectivity index (χ4n) is 3.25. The molecule has 0 radical (unpaired) electrons. The molecule has 0 unspecified atom stereocenters. The van der Waals surface area contributed by atoms with Crippen molar-refractivity contribution < 1.29 is 17.9 Å². The van der Waals surface area contributed by atoms with Gasteiger partial charge < -0.3 is 14.2 Å². The molecule has 3 heterocycles. The number of ether oxygens (including phenoxy) is 1. The van der Waals surface area contributed by atoms with Crippen molar-refractivity contribution in [3.05, 3.63) is 41.7 Å². The minimum absolute atomic E-state index is 0.290. The Morgan fingerprint density at radius 2 is 2.20 bits per heavy atom. The first-order valence-corrected chi connectivity index (χ1v) is 8.16. The molecule has 25 heavy (non-hydrogen) atoms. The van der Waals surface area contributed by atoms with Gasteiger partial charge in [0, 0.05) is 44.5 Å². The van der Waals surface area contributed by atoms with E-state index in [1.165, 1.54) is 0 Å². The zero-order valence-corrected chi connectivity index (χ0v) is 14.3. The van der Waals surface area contributed by atoms with E-state index in [1.807, 2.05) is 13.1 Å². The Morgan fingerprint density at radius 1 is 1.40 bits per heavy atom. The van der Waals surface area contributed by atoms with Crippen LogP contribution < -0.4 is 4.74 Å². The average molecular weight is 354 g/mol. The molecule has 0 aliphatic carbocycles. The first kappa shape index (κ1) is 17.7. The van der Waals surface area contributed by atoms with Crippen LogP contribution in [0.2, 0.25) is 0 Å². The second-order valence-corrected chi connectivity index (χ2v) is 6.48. The minimum Gasteiger partial charge on any atom is -0.497 e. The van der Waals surface area contributed by atoms with Gasteiger partial charge in [0.1, 0.15) is 11.6 Å². The van der Waals surface area contributed by atoms with Crippen LogP contribution in [-0.2, 0) is 25.7 Å². The van der Waals surface area contributed by atoms with Crippen molar-refractivity contribution in [2.24, 2.45) is 5.92 Å². The molecule has 0 fully saturated rings. The molecule has 1 aliphatic heterocycles. The van der Waals surface area contributed by atoms with Gasteiger partial charge in [0.05, 0.1) is 12.8 Å². The van der Waals surface area contributed by atoms with Gasteiger partial charge in [-0.1, -0.05) is 0 Å². The SMILES string of the molecule is COc1ccnc(CN(C)C[C@H]2CCc3nc(C(F)(F)F)cn3C2)c1. The zero-order valence-electron chi connectivity index (χ0n) is 14.3. The number of hydrogen-bond donors (Lipinski definition) is 0. The van der Waals surface area contributed by atoms with Crippen LogP contribution in [0.4, 0.5) is 13.2 Å². The highest BCUT2D eigenvalue weighted by Crippen LogP contribution is 2.30. The summed E-state index contributed by atoms with van der Waals surface area (Å²) >= 11 is 0. The van der Waals surface area contributed by atoms with Crippen LogP contribution >= 0.6 is 0 Å². The van der Waals surface area contributed by atoms with E-state index in [2.05, 4.69) is 14.9 Å². The molecule has 0 spiro atoms. The van der Waals surface area contributed by atoms with Crippen LogP contribution in [0.15, 0.2) is 24.5 Å². The Labute approximate surface area is 144 Å². The van der Waals surface area contributed by atoms with Gasteiger partial charge in [-0.15, -0.1) is 0 Å². The normalized spacial score (nSPS) is 17.6. The van der Waals surface area contributed by atoms with Gasteiger partial charge in [-0.3, -0.25) is 4.98 Å². The average Bonchev–Trinajstić information content (AvgIpc) is 2.98. The van der Waals surface area contributed by atoms with E-state index in [0.717, 1.165) is 30.6 Å². The predicted molar refractivity (Wildman–Crippen MR) is 86.2 cm³/mol. The Morgan fingerprint density at radius 3 is 2.92 bits per heavy atom. The number of methoxy groups -OCH3 is 1. The lowest BCUT2D eigenvalue weighted by Gasteiger charge is -2.28. The highest BCUT2D eigenvalue weighted by Gasteiger charge is 2.35. The summed E-state index contributed by atoms with van der Waals surface area (Å²) in [5.41, 5.74) is 0.109. The molecule has 8 heteroatoms. The van der Waals surface area contributed by atoms with Gasteiger partial charge in [0.15, 0.2) is 5.69 Å². The van der Waals surface area contributed by atoms with Gasteiger partial charge in [-0.2, -0.15) is 13.2 Å². The first-order valence-electron chi connectivity index (χ1n) is 8.16. The van der Waals surface area contributed by atoms with Crippen LogP contribution in [0.25, 0.3) is 0 Å². The van der Waals surface area contributed by atoms with Crippen molar-refractivity contribution in [3.8, 4) is 5.75 Å². The lowest BCUT2D eigenvalue weighted by molar-refractivity contribution is -0.141. The third-order valence-corrected chi connectivity index (χ3v) is 4.41. The summed E-state index contributed by atoms with van der Waals surface area (Å²) in [6.07, 6.45) is -0.130. The summed E-state index contributed by atoms with van der Waals surface area (Å²) in [5, 5.41) is 0. The third kappa shape index (κ3) is 4.31. The molecule has 5 nitrogen and oxygen atoms in total. The van der Waals surface area contributed by atoms with Crippen molar-refractivity contribution in [1.29, 1.82) is 0 Å². The second kappa shape index (κ2) is 7.03. The quantitative estimate of drug-likeness (QED) is 0.828. The number of alkyl halides is 3. The Balaban J connectivity index is 1.59. The van der Waals surface area contributed by atoms with Gasteiger partial charge in [0.2, 0.25) is 0 Å². The molecule has 2 aromatic heterocycles. The van der Waals surface area contributed by atoms with E-state index in [9.17, 15) is 13.2 Å². The maximum atomic E-state index is 12.8. The van der Waals surface area contributed by atoms with E-state index in [-0.39, 0.29) is 0 Å². The van der Waals surface area contributed by atoms with Crippen molar-refractivity contribution in [3.63, 3.8) is 0 Å². The fraction of sp³-hybridized carbons (Fsp3) is 0.529. The van der Waals surface area contributed by atoms with Crippen molar-refractivity contribution in [2.75, 3.05) is 20.7 Å². The molecule has 0 saturated heterocycles. The van der Waals surface area contributed by atoms with Crippen LogP contribution in [0, 0.1) is 5.92 Å². The number of halogens is 3. The van der Waals surface area contributed by atoms with Gasteiger partial charge in [-0.25, -0.2) is 4.98 Å². The number of nitrogens with zero attached hydrogens (tertiary/aromatic N) is 4. The van der Waals surface area contributed by atoms with Crippen LogP contribution in [0.5, 0.6) is 5.75 Å². The zero-order chi connectivity index (χ0) is 18.0. The van der Waals surface area contributed by atoms with E-state index in [4.69, 9.17) is 4.74 Å². The van der Waals surface area contributed by atoms with E-state index in [0.29, 0.717) is 31.3 Å². The molecule has 0 saturated carbocycles. The molecule has 1 atom stereocenters. The predicted octanol–water partition coefficient (Wildman–Crippen LogP) is 3.00. The Bertz CT molecular complexity index is 729. The molecule has 1 aliphatic rings. The highest BCUT2D eigenvalue weighted by atomic mass is 19.4. The lowest BCUT2D eigenvalue weighted by atomic mass is 9.99. The summed E-state index contributed by atoms with van der Waals surface area (Å²) in [4.78, 5) is 10.2. The summed E-state index contributed by atoms with van der Waals surface area (Å²) in [6, 6.07) is 3.68. The summed E-state index contributed by atoms with van der Waals surface area (Å²) in [6.45, 7) is 2.02. The van der Waals surface area contributed by atoms with Crippen LogP contribution in [0.1, 0.15) is 23.6 Å². The van der Waals surface area contributed by atoms with E-state index in [1.54, 1.807) is 23.9 Å². The Hall–Kier alpha value is -2.09. The molecular weight excluding hydrogens is 333 g/mol. The van der Waals surface area contributed by atoms with Crippen molar-refractivity contribution in [1.82, 2.24) is 19.4 Å². The largest absolute Gasteiger partial charge is 0.497 e. The molecule has 2 aromatic rings. The minimum atomic E-state index is -4.38. The number of aryl methyl sites for hydroxylation is 1. The maximum absolute atomic E-state index is 12.8. The standard InChI is InChI=1S/C17H21F3N4O/c1-23(10-13-7-14(25-2)5-6-21-13)8-12-3-4-16-22-15(17(18,19)20)11-24(16)9-12/h5-7,11-12H,3-4,8-10H2,1-2H3/t12-/m1/s1. The molecule has 0 bridgehead atoms. The molecule has 136 valence electrons. The second-order valence-electron chi connectivity index (χ2n) is 6.48. The van der Waals surface area contributed by atoms with Gasteiger partial charge in [0.25, 0.3) is 0 Å². The molecule has 0 aromatic carbocycles. The molecule has 3 rings (SSSR count). The number of rotatable bonds is 5. The number of hydrogen-bond acceptors (Lipinski definition) is 4. The number of aromatic nitrogens is 3. The molecular formula is C17H21F3N4O. The monoisotopic (exact) mass is 354 g/mol. The molecule has 0 N–H and O–H groups in total. The summed E-state index contributed by atoms with van der Waals surface area (Å²) < 4.78 is 45.2. The topological polar surface area (TPSA) is 43.2 Å². The van der Waals surface area contributed by atoms with E-state index >= 15 is 0 Å². The van der Waals surface area contributed by atoms with Crippen LogP contribution in [0.3, 0.4) is 0 Å². The number of fused-ring (bicyclic) bond motifs is 1.